The predicted molar refractivity (Wildman–Crippen MR) is 82.2 cm³/mol. The van der Waals surface area contributed by atoms with Gasteiger partial charge in [0.15, 0.2) is 11.5 Å². The molecule has 4 nitrogen and oxygen atoms in total. The molecule has 0 saturated heterocycles. The molecule has 2 aromatic heterocycles. The highest BCUT2D eigenvalue weighted by molar-refractivity contribution is 9.10. The first-order valence-electron chi connectivity index (χ1n) is 5.67. The van der Waals surface area contributed by atoms with Crippen LogP contribution in [0.5, 0.6) is 0 Å². The summed E-state index contributed by atoms with van der Waals surface area (Å²) < 4.78 is 2.70. The number of fused-ring (bicyclic) bond motifs is 1. The molecule has 0 bridgehead atoms. The van der Waals surface area contributed by atoms with Crippen LogP contribution in [0.25, 0.3) is 5.65 Å². The lowest BCUT2D eigenvalue weighted by Crippen LogP contribution is -1.99. The first-order valence-corrected chi connectivity index (χ1v) is 7.69. The van der Waals surface area contributed by atoms with Gasteiger partial charge in [0.05, 0.1) is 5.69 Å². The molecule has 0 spiro atoms. The van der Waals surface area contributed by atoms with Gasteiger partial charge in [-0.15, -0.1) is 11.8 Å². The molecule has 0 aliphatic rings. The SMILES string of the molecule is CSc1ccccc1Nc1nc(Br)cn2ccnc12. The second kappa shape index (κ2) is 5.22. The molecule has 19 heavy (non-hydrogen) atoms. The topological polar surface area (TPSA) is 42.2 Å². The fourth-order valence-electron chi connectivity index (χ4n) is 1.86. The fraction of sp³-hybridized carbons (Fsp3) is 0.0769. The van der Waals surface area contributed by atoms with Crippen LogP contribution in [-0.4, -0.2) is 20.6 Å². The molecule has 0 saturated carbocycles. The zero-order valence-electron chi connectivity index (χ0n) is 10.2. The smallest absolute Gasteiger partial charge is 0.180 e. The molecule has 0 fully saturated rings. The quantitative estimate of drug-likeness (QED) is 0.736. The van der Waals surface area contributed by atoms with Gasteiger partial charge in [0.1, 0.15) is 4.60 Å². The van der Waals surface area contributed by atoms with E-state index in [1.165, 1.54) is 4.90 Å². The monoisotopic (exact) mass is 334 g/mol. The molecule has 2 heterocycles. The number of halogens is 1. The van der Waals surface area contributed by atoms with Crippen LogP contribution in [-0.2, 0) is 0 Å². The van der Waals surface area contributed by atoms with E-state index in [-0.39, 0.29) is 0 Å². The molecular weight excluding hydrogens is 324 g/mol. The minimum absolute atomic E-state index is 0.737. The van der Waals surface area contributed by atoms with Crippen molar-refractivity contribution in [3.8, 4) is 0 Å². The summed E-state index contributed by atoms with van der Waals surface area (Å²) in [5.41, 5.74) is 1.84. The lowest BCUT2D eigenvalue weighted by molar-refractivity contribution is 1.10. The lowest BCUT2D eigenvalue weighted by atomic mass is 10.3. The number of thioether (sulfide) groups is 1. The van der Waals surface area contributed by atoms with Gasteiger partial charge in [-0.3, -0.25) is 0 Å². The molecule has 0 amide bonds. The summed E-state index contributed by atoms with van der Waals surface area (Å²) >= 11 is 5.11. The molecule has 0 atom stereocenters. The van der Waals surface area contributed by atoms with E-state index in [2.05, 4.69) is 43.5 Å². The third-order valence-corrected chi connectivity index (χ3v) is 3.88. The normalized spacial score (nSPS) is 10.8. The van der Waals surface area contributed by atoms with Gasteiger partial charge >= 0.3 is 0 Å². The van der Waals surface area contributed by atoms with Crippen molar-refractivity contribution in [2.75, 3.05) is 11.6 Å². The van der Waals surface area contributed by atoms with Gasteiger partial charge in [-0.1, -0.05) is 12.1 Å². The maximum Gasteiger partial charge on any atom is 0.180 e. The highest BCUT2D eigenvalue weighted by Crippen LogP contribution is 2.28. The number of anilines is 2. The van der Waals surface area contributed by atoms with Crippen molar-refractivity contribution >= 4 is 44.8 Å². The zero-order chi connectivity index (χ0) is 13.2. The molecule has 6 heteroatoms. The summed E-state index contributed by atoms with van der Waals surface area (Å²) in [7, 11) is 0. The number of nitrogens with one attached hydrogen (secondary N) is 1. The maximum atomic E-state index is 4.46. The van der Waals surface area contributed by atoms with E-state index in [1.807, 2.05) is 35.0 Å². The number of hydrogen-bond donors (Lipinski definition) is 1. The number of aromatic nitrogens is 3. The Bertz CT molecular complexity index is 725. The van der Waals surface area contributed by atoms with Crippen LogP contribution in [0.15, 0.2) is 52.4 Å². The molecule has 0 unspecified atom stereocenters. The average molecular weight is 335 g/mol. The van der Waals surface area contributed by atoms with E-state index in [9.17, 15) is 0 Å². The van der Waals surface area contributed by atoms with Gasteiger partial charge in [0, 0.05) is 23.5 Å². The number of rotatable bonds is 3. The molecule has 0 aliphatic heterocycles. The van der Waals surface area contributed by atoms with Crippen molar-refractivity contribution in [3.05, 3.63) is 47.5 Å². The van der Waals surface area contributed by atoms with Gasteiger partial charge in [-0.2, -0.15) is 0 Å². The second-order valence-electron chi connectivity index (χ2n) is 3.90. The largest absolute Gasteiger partial charge is 0.336 e. The third kappa shape index (κ3) is 2.46. The van der Waals surface area contributed by atoms with Crippen LogP contribution in [0.2, 0.25) is 0 Å². The Labute approximate surface area is 123 Å². The van der Waals surface area contributed by atoms with Crippen LogP contribution in [0, 0.1) is 0 Å². The molecule has 1 N–H and O–H groups in total. The Morgan fingerprint density at radius 3 is 3.00 bits per heavy atom. The standard InChI is InChI=1S/C13H11BrN4S/c1-19-10-5-3-2-4-9(10)16-12-13-15-6-7-18(13)8-11(14)17-12/h2-8H,1H3,(H,16,17). The van der Waals surface area contributed by atoms with Gasteiger partial charge < -0.3 is 9.72 Å². The number of imidazole rings is 1. The number of benzene rings is 1. The summed E-state index contributed by atoms with van der Waals surface area (Å²) in [6.07, 6.45) is 7.59. The maximum absolute atomic E-state index is 4.46. The van der Waals surface area contributed by atoms with Crippen LogP contribution in [0.1, 0.15) is 0 Å². The molecule has 3 rings (SSSR count). The number of para-hydroxylation sites is 1. The Kier molecular flexibility index (Phi) is 3.44. The highest BCUT2D eigenvalue weighted by atomic mass is 79.9. The van der Waals surface area contributed by atoms with E-state index >= 15 is 0 Å². The average Bonchev–Trinajstić information content (AvgIpc) is 2.87. The Morgan fingerprint density at radius 2 is 2.16 bits per heavy atom. The van der Waals surface area contributed by atoms with Crippen LogP contribution < -0.4 is 5.32 Å². The van der Waals surface area contributed by atoms with E-state index in [0.717, 1.165) is 21.8 Å². The summed E-state index contributed by atoms with van der Waals surface area (Å²) in [6, 6.07) is 8.14. The minimum Gasteiger partial charge on any atom is -0.336 e. The van der Waals surface area contributed by atoms with Gasteiger partial charge in [-0.25, -0.2) is 9.97 Å². The summed E-state index contributed by atoms with van der Waals surface area (Å²) in [5, 5.41) is 3.35. The molecule has 1 aromatic carbocycles. The molecule has 3 aromatic rings. The molecule has 96 valence electrons. The van der Waals surface area contributed by atoms with E-state index in [1.54, 1.807) is 18.0 Å². The van der Waals surface area contributed by atoms with Crippen LogP contribution >= 0.6 is 27.7 Å². The van der Waals surface area contributed by atoms with Crippen LogP contribution in [0.4, 0.5) is 11.5 Å². The summed E-state index contributed by atoms with van der Waals surface area (Å²) in [6.45, 7) is 0. The molecular formula is C13H11BrN4S. The molecule has 0 radical (unpaired) electrons. The van der Waals surface area contributed by atoms with Crippen molar-refractivity contribution in [1.29, 1.82) is 0 Å². The Balaban J connectivity index is 2.07. The summed E-state index contributed by atoms with van der Waals surface area (Å²) in [5.74, 6) is 0.737. The first-order chi connectivity index (χ1) is 9.28. The van der Waals surface area contributed by atoms with Crippen molar-refractivity contribution in [1.82, 2.24) is 14.4 Å². The van der Waals surface area contributed by atoms with Crippen molar-refractivity contribution in [2.24, 2.45) is 0 Å². The van der Waals surface area contributed by atoms with E-state index < -0.39 is 0 Å². The second-order valence-corrected chi connectivity index (χ2v) is 5.56. The van der Waals surface area contributed by atoms with Crippen LogP contribution in [0.3, 0.4) is 0 Å². The predicted octanol–water partition coefficient (Wildman–Crippen LogP) is 3.96. The Hall–Kier alpha value is -1.53. The first kappa shape index (κ1) is 12.5. The minimum atomic E-state index is 0.737. The highest BCUT2D eigenvalue weighted by Gasteiger charge is 2.08. The summed E-state index contributed by atoms with van der Waals surface area (Å²) in [4.78, 5) is 9.95. The fourth-order valence-corrected chi connectivity index (χ4v) is 2.81. The van der Waals surface area contributed by atoms with E-state index in [4.69, 9.17) is 0 Å². The van der Waals surface area contributed by atoms with Gasteiger partial charge in [0.2, 0.25) is 0 Å². The number of nitrogens with zero attached hydrogens (tertiary/aromatic N) is 3. The van der Waals surface area contributed by atoms with E-state index in [0.29, 0.717) is 0 Å². The number of hydrogen-bond acceptors (Lipinski definition) is 4. The third-order valence-electron chi connectivity index (χ3n) is 2.70. The van der Waals surface area contributed by atoms with Crippen molar-refractivity contribution in [2.45, 2.75) is 4.90 Å². The lowest BCUT2D eigenvalue weighted by Gasteiger charge is -2.10. The van der Waals surface area contributed by atoms with Crippen molar-refractivity contribution < 1.29 is 0 Å². The molecule has 0 aliphatic carbocycles. The zero-order valence-corrected chi connectivity index (χ0v) is 12.6. The Morgan fingerprint density at radius 1 is 1.32 bits per heavy atom. The van der Waals surface area contributed by atoms with Gasteiger partial charge in [0.25, 0.3) is 0 Å². The van der Waals surface area contributed by atoms with Crippen molar-refractivity contribution in [3.63, 3.8) is 0 Å². The van der Waals surface area contributed by atoms with Gasteiger partial charge in [-0.05, 0) is 34.3 Å².